The Hall–Kier alpha value is -2.70. The van der Waals surface area contributed by atoms with Crippen molar-refractivity contribution >= 4 is 27.9 Å². The van der Waals surface area contributed by atoms with Gasteiger partial charge in [0, 0.05) is 13.1 Å². The Morgan fingerprint density at radius 2 is 1.87 bits per heavy atom. The van der Waals surface area contributed by atoms with Gasteiger partial charge in [-0.15, -0.1) is 0 Å². The minimum Gasteiger partial charge on any atom is -0.480 e. The lowest BCUT2D eigenvalue weighted by atomic mass is 10.2. The van der Waals surface area contributed by atoms with Gasteiger partial charge in [0.15, 0.2) is 0 Å². The highest BCUT2D eigenvalue weighted by Gasteiger charge is 2.40. The average Bonchev–Trinajstić information content (AvgIpc) is 3.25. The molecule has 1 fully saturated rings. The molecule has 1 aliphatic rings. The largest absolute Gasteiger partial charge is 0.480 e. The maximum atomic E-state index is 12.9. The van der Waals surface area contributed by atoms with Crippen molar-refractivity contribution in [2.24, 2.45) is 5.73 Å². The maximum Gasteiger partial charge on any atom is 0.328 e. The van der Waals surface area contributed by atoms with Crippen molar-refractivity contribution in [3.05, 3.63) is 30.3 Å². The van der Waals surface area contributed by atoms with Crippen LogP contribution in [0.15, 0.2) is 35.2 Å². The van der Waals surface area contributed by atoms with Crippen molar-refractivity contribution in [3.8, 4) is 0 Å². The molecule has 172 valence electrons. The van der Waals surface area contributed by atoms with Gasteiger partial charge in [0.05, 0.1) is 11.4 Å². The highest BCUT2D eigenvalue weighted by Crippen LogP contribution is 2.26. The van der Waals surface area contributed by atoms with Crippen LogP contribution in [0.1, 0.15) is 25.7 Å². The van der Waals surface area contributed by atoms with Crippen LogP contribution >= 0.6 is 0 Å². The molecule has 0 spiro atoms. The van der Waals surface area contributed by atoms with Gasteiger partial charge in [0.2, 0.25) is 15.9 Å². The number of carboxylic acid groups (broad SMARTS) is 1. The Bertz CT molecular complexity index is 864. The summed E-state index contributed by atoms with van der Waals surface area (Å²) in [6.07, 6.45) is 2.19. The summed E-state index contributed by atoms with van der Waals surface area (Å²) < 4.78 is 26.9. The molecular weight excluding hydrogens is 426 g/mol. The quantitative estimate of drug-likeness (QED) is 0.279. The topological polar surface area (TPSA) is 171 Å². The van der Waals surface area contributed by atoms with E-state index >= 15 is 0 Å². The summed E-state index contributed by atoms with van der Waals surface area (Å²) in [4.78, 5) is 36.1. The zero-order valence-electron chi connectivity index (χ0n) is 17.1. The van der Waals surface area contributed by atoms with Crippen molar-refractivity contribution in [1.29, 1.82) is 0 Å². The van der Waals surface area contributed by atoms with Gasteiger partial charge in [-0.2, -0.15) is 4.31 Å². The number of rotatable bonds is 11. The normalized spacial score (nSPS) is 17.6. The second-order valence-electron chi connectivity index (χ2n) is 7.12. The molecule has 2 rings (SSSR count). The first-order valence-corrected chi connectivity index (χ1v) is 11.5. The predicted octanol–water partition coefficient (Wildman–Crippen LogP) is -0.553. The van der Waals surface area contributed by atoms with Gasteiger partial charge in [-0.1, -0.05) is 18.2 Å². The SMILES string of the molecule is NCCCCNC(=O)NCC(NC(=O)C1CCCN1S(=O)(=O)c1ccccc1)C(=O)O. The lowest BCUT2D eigenvalue weighted by Gasteiger charge is -2.25. The van der Waals surface area contributed by atoms with Crippen molar-refractivity contribution in [1.82, 2.24) is 20.3 Å². The van der Waals surface area contributed by atoms with Crippen LogP contribution in [0.5, 0.6) is 0 Å². The van der Waals surface area contributed by atoms with E-state index < -0.39 is 40.0 Å². The van der Waals surface area contributed by atoms with E-state index in [9.17, 15) is 27.9 Å². The molecule has 1 aromatic carbocycles. The van der Waals surface area contributed by atoms with E-state index in [1.165, 1.54) is 12.1 Å². The fraction of sp³-hybridized carbons (Fsp3) is 0.526. The van der Waals surface area contributed by atoms with Crippen LogP contribution in [0, 0.1) is 0 Å². The van der Waals surface area contributed by atoms with Gasteiger partial charge in [-0.25, -0.2) is 18.0 Å². The first-order valence-electron chi connectivity index (χ1n) is 10.1. The van der Waals surface area contributed by atoms with E-state index in [4.69, 9.17) is 5.73 Å². The van der Waals surface area contributed by atoms with E-state index in [1.54, 1.807) is 18.2 Å². The van der Waals surface area contributed by atoms with Crippen LogP contribution in [0.4, 0.5) is 4.79 Å². The molecule has 2 atom stereocenters. The van der Waals surface area contributed by atoms with Crippen molar-refractivity contribution in [2.75, 3.05) is 26.2 Å². The Labute approximate surface area is 181 Å². The van der Waals surface area contributed by atoms with Crippen molar-refractivity contribution in [2.45, 2.75) is 42.7 Å². The summed E-state index contributed by atoms with van der Waals surface area (Å²) >= 11 is 0. The predicted molar refractivity (Wildman–Crippen MR) is 113 cm³/mol. The molecular formula is C19H29N5O6S. The fourth-order valence-corrected chi connectivity index (χ4v) is 4.89. The zero-order valence-corrected chi connectivity index (χ0v) is 17.9. The standard InChI is InChI=1S/C19H29N5O6S/c20-10-4-5-11-21-19(28)22-13-15(18(26)27)23-17(25)16-9-6-12-24(16)31(29,30)14-7-2-1-3-8-14/h1-3,7-8,15-16H,4-6,9-13,20H2,(H,23,25)(H,26,27)(H2,21,22,28). The highest BCUT2D eigenvalue weighted by atomic mass is 32.2. The van der Waals surface area contributed by atoms with E-state index in [1.807, 2.05) is 0 Å². The highest BCUT2D eigenvalue weighted by molar-refractivity contribution is 7.89. The lowest BCUT2D eigenvalue weighted by Crippen LogP contribution is -2.54. The number of carbonyl (C=O) groups excluding carboxylic acids is 2. The van der Waals surface area contributed by atoms with Gasteiger partial charge < -0.3 is 26.8 Å². The lowest BCUT2D eigenvalue weighted by molar-refractivity contribution is -0.142. The minimum atomic E-state index is -3.89. The molecule has 12 heteroatoms. The zero-order chi connectivity index (χ0) is 22.9. The number of unbranched alkanes of at least 4 members (excludes halogenated alkanes) is 1. The summed E-state index contributed by atoms with van der Waals surface area (Å²) in [5.74, 6) is -2.05. The summed E-state index contributed by atoms with van der Waals surface area (Å²) in [5.41, 5.74) is 5.37. The second-order valence-corrected chi connectivity index (χ2v) is 9.01. The summed E-state index contributed by atoms with van der Waals surface area (Å²) in [7, 11) is -3.89. The molecule has 0 aromatic heterocycles. The monoisotopic (exact) mass is 455 g/mol. The number of urea groups is 1. The van der Waals surface area contributed by atoms with E-state index in [0.29, 0.717) is 25.9 Å². The first kappa shape index (κ1) is 24.6. The van der Waals surface area contributed by atoms with Crippen LogP contribution in [-0.2, 0) is 19.6 Å². The molecule has 31 heavy (non-hydrogen) atoms. The van der Waals surface area contributed by atoms with Gasteiger partial charge in [0.1, 0.15) is 12.1 Å². The molecule has 1 aromatic rings. The Morgan fingerprint density at radius 3 is 2.52 bits per heavy atom. The van der Waals surface area contributed by atoms with Crippen molar-refractivity contribution in [3.63, 3.8) is 0 Å². The molecule has 0 bridgehead atoms. The third-order valence-electron chi connectivity index (χ3n) is 4.85. The number of benzene rings is 1. The summed E-state index contributed by atoms with van der Waals surface area (Å²) in [6.45, 7) is 0.717. The summed E-state index contributed by atoms with van der Waals surface area (Å²) in [6, 6.07) is 4.77. The number of nitrogens with two attached hydrogens (primary N) is 1. The number of aliphatic carboxylic acids is 1. The molecule has 0 saturated carbocycles. The molecule has 2 unspecified atom stereocenters. The van der Waals surface area contributed by atoms with E-state index in [0.717, 1.165) is 10.7 Å². The van der Waals surface area contributed by atoms with Crippen LogP contribution in [0.3, 0.4) is 0 Å². The molecule has 0 aliphatic carbocycles. The number of sulfonamides is 1. The third kappa shape index (κ3) is 6.91. The molecule has 6 N–H and O–H groups in total. The van der Waals surface area contributed by atoms with Crippen LogP contribution in [0.25, 0.3) is 0 Å². The molecule has 0 radical (unpaired) electrons. The number of carboxylic acids is 1. The average molecular weight is 456 g/mol. The number of hydrogen-bond acceptors (Lipinski definition) is 6. The summed E-state index contributed by atoms with van der Waals surface area (Å²) in [5, 5.41) is 16.7. The van der Waals surface area contributed by atoms with E-state index in [2.05, 4.69) is 16.0 Å². The number of nitrogens with zero attached hydrogens (tertiary/aromatic N) is 1. The molecule has 1 aliphatic heterocycles. The Morgan fingerprint density at radius 1 is 1.16 bits per heavy atom. The fourth-order valence-electron chi connectivity index (χ4n) is 3.21. The maximum absolute atomic E-state index is 12.9. The van der Waals surface area contributed by atoms with Gasteiger partial charge in [-0.05, 0) is 44.4 Å². The first-order chi connectivity index (χ1) is 14.8. The van der Waals surface area contributed by atoms with Gasteiger partial charge in [-0.3, -0.25) is 4.79 Å². The number of amides is 3. The van der Waals surface area contributed by atoms with Crippen LogP contribution in [-0.4, -0.2) is 74.0 Å². The molecule has 1 saturated heterocycles. The molecule has 3 amide bonds. The number of nitrogens with one attached hydrogen (secondary N) is 3. The van der Waals surface area contributed by atoms with Gasteiger partial charge >= 0.3 is 12.0 Å². The smallest absolute Gasteiger partial charge is 0.328 e. The number of carbonyl (C=O) groups is 3. The van der Waals surface area contributed by atoms with Crippen molar-refractivity contribution < 1.29 is 27.9 Å². The second kappa shape index (κ2) is 11.6. The van der Waals surface area contributed by atoms with Crippen LogP contribution < -0.4 is 21.7 Å². The number of hydrogen-bond donors (Lipinski definition) is 5. The molecule has 11 nitrogen and oxygen atoms in total. The molecule has 1 heterocycles. The van der Waals surface area contributed by atoms with Crippen LogP contribution in [0.2, 0.25) is 0 Å². The Balaban J connectivity index is 1.97. The third-order valence-corrected chi connectivity index (χ3v) is 6.78. The Kier molecular flexibility index (Phi) is 9.21. The van der Waals surface area contributed by atoms with Gasteiger partial charge in [0.25, 0.3) is 0 Å². The minimum absolute atomic E-state index is 0.0671. The van der Waals surface area contributed by atoms with E-state index in [-0.39, 0.29) is 24.4 Å².